The summed E-state index contributed by atoms with van der Waals surface area (Å²) in [5.74, 6) is -0.169. The Bertz CT molecular complexity index is 740. The van der Waals surface area contributed by atoms with Crippen molar-refractivity contribution in [2.24, 2.45) is 7.05 Å². The first-order valence-corrected chi connectivity index (χ1v) is 7.53. The maximum absolute atomic E-state index is 13.9. The minimum atomic E-state index is -0.198. The van der Waals surface area contributed by atoms with Gasteiger partial charge in [0.25, 0.3) is 5.56 Å². The molecule has 110 valence electrons. The van der Waals surface area contributed by atoms with Gasteiger partial charge < -0.3 is 5.32 Å². The first kappa shape index (κ1) is 14.3. The lowest BCUT2D eigenvalue weighted by Crippen LogP contribution is -2.25. The number of hydrogen-bond donors (Lipinski definition) is 1. The molecule has 1 aliphatic rings. The molecule has 0 bridgehead atoms. The molecule has 1 fully saturated rings. The summed E-state index contributed by atoms with van der Waals surface area (Å²) in [5.41, 5.74) is 1.01. The smallest absolute Gasteiger partial charge is 0.282 e. The highest BCUT2D eigenvalue weighted by Gasteiger charge is 2.45. The van der Waals surface area contributed by atoms with E-state index in [0.29, 0.717) is 16.7 Å². The number of benzene rings is 1. The van der Waals surface area contributed by atoms with Crippen molar-refractivity contribution in [2.75, 3.05) is 11.9 Å². The van der Waals surface area contributed by atoms with E-state index in [2.05, 4.69) is 26.3 Å². The lowest BCUT2D eigenvalue weighted by Gasteiger charge is -2.18. The second-order valence-electron chi connectivity index (χ2n) is 5.41. The number of anilines is 1. The maximum Gasteiger partial charge on any atom is 0.282 e. The van der Waals surface area contributed by atoms with E-state index in [1.54, 1.807) is 19.3 Å². The molecule has 1 aromatic heterocycles. The van der Waals surface area contributed by atoms with Gasteiger partial charge >= 0.3 is 0 Å². The third kappa shape index (κ3) is 2.60. The summed E-state index contributed by atoms with van der Waals surface area (Å²) < 4.78 is 15.7. The van der Waals surface area contributed by atoms with Crippen LogP contribution in [0.3, 0.4) is 0 Å². The van der Waals surface area contributed by atoms with Crippen LogP contribution in [0.15, 0.2) is 39.7 Å². The van der Waals surface area contributed by atoms with E-state index in [1.807, 2.05) is 12.1 Å². The van der Waals surface area contributed by atoms with Gasteiger partial charge in [-0.3, -0.25) is 4.79 Å². The first-order chi connectivity index (χ1) is 10.0. The highest BCUT2D eigenvalue weighted by atomic mass is 79.9. The SMILES string of the molecule is Cn1ncc(NCC2(c3ccccc3F)CC2)c(Br)c1=O. The van der Waals surface area contributed by atoms with Gasteiger partial charge in [0, 0.05) is 19.0 Å². The van der Waals surface area contributed by atoms with E-state index >= 15 is 0 Å². The summed E-state index contributed by atoms with van der Waals surface area (Å²) >= 11 is 3.28. The first-order valence-electron chi connectivity index (χ1n) is 6.74. The predicted octanol–water partition coefficient (Wildman–Crippen LogP) is 2.83. The van der Waals surface area contributed by atoms with Crippen molar-refractivity contribution in [1.82, 2.24) is 9.78 Å². The largest absolute Gasteiger partial charge is 0.382 e. The number of halogens is 2. The zero-order valence-corrected chi connectivity index (χ0v) is 13.2. The summed E-state index contributed by atoms with van der Waals surface area (Å²) in [7, 11) is 1.60. The van der Waals surface area contributed by atoms with Crippen molar-refractivity contribution in [3.8, 4) is 0 Å². The molecule has 1 aliphatic carbocycles. The van der Waals surface area contributed by atoms with Gasteiger partial charge in [-0.05, 0) is 40.4 Å². The molecule has 1 N–H and O–H groups in total. The summed E-state index contributed by atoms with van der Waals surface area (Å²) in [5, 5.41) is 7.21. The van der Waals surface area contributed by atoms with Gasteiger partial charge in [-0.1, -0.05) is 18.2 Å². The van der Waals surface area contributed by atoms with Crippen LogP contribution in [-0.2, 0) is 12.5 Å². The van der Waals surface area contributed by atoms with Crippen molar-refractivity contribution < 1.29 is 4.39 Å². The number of aromatic nitrogens is 2. The quantitative estimate of drug-likeness (QED) is 0.921. The van der Waals surface area contributed by atoms with E-state index < -0.39 is 0 Å². The van der Waals surface area contributed by atoms with Crippen LogP contribution < -0.4 is 10.9 Å². The van der Waals surface area contributed by atoms with Crippen LogP contribution in [0, 0.1) is 5.82 Å². The zero-order valence-electron chi connectivity index (χ0n) is 11.6. The summed E-state index contributed by atoms with van der Waals surface area (Å²) in [4.78, 5) is 11.8. The summed E-state index contributed by atoms with van der Waals surface area (Å²) in [6.45, 7) is 0.585. The predicted molar refractivity (Wildman–Crippen MR) is 83.0 cm³/mol. The number of nitrogens with zero attached hydrogens (tertiary/aromatic N) is 2. The summed E-state index contributed by atoms with van der Waals surface area (Å²) in [6.07, 6.45) is 3.48. The minimum absolute atomic E-state index is 0.169. The molecule has 6 heteroatoms. The number of nitrogens with one attached hydrogen (secondary N) is 1. The Morgan fingerprint density at radius 2 is 2.14 bits per heavy atom. The number of rotatable bonds is 4. The van der Waals surface area contributed by atoms with E-state index in [1.165, 1.54) is 10.7 Å². The molecule has 1 heterocycles. The molecule has 0 amide bonds. The fourth-order valence-corrected chi connectivity index (χ4v) is 2.98. The standard InChI is InChI=1S/C15H15BrFN3O/c1-20-14(21)13(16)12(8-19-20)18-9-15(6-7-15)10-4-2-3-5-11(10)17/h2-5,8,18H,6-7,9H2,1H3. The third-order valence-electron chi connectivity index (χ3n) is 3.99. The molecule has 2 aromatic rings. The molecule has 0 aliphatic heterocycles. The van der Waals surface area contributed by atoms with Gasteiger partial charge in [-0.15, -0.1) is 0 Å². The normalized spacial score (nSPS) is 15.8. The maximum atomic E-state index is 13.9. The van der Waals surface area contributed by atoms with Crippen LogP contribution in [-0.4, -0.2) is 16.3 Å². The Labute approximate surface area is 130 Å². The molecule has 3 rings (SSSR count). The van der Waals surface area contributed by atoms with Crippen LogP contribution in [0.4, 0.5) is 10.1 Å². The Morgan fingerprint density at radius 1 is 1.43 bits per heavy atom. The van der Waals surface area contributed by atoms with E-state index in [9.17, 15) is 9.18 Å². The molecule has 0 atom stereocenters. The zero-order chi connectivity index (χ0) is 15.0. The van der Waals surface area contributed by atoms with Crippen molar-refractivity contribution >= 4 is 21.6 Å². The van der Waals surface area contributed by atoms with Crippen LogP contribution in [0.5, 0.6) is 0 Å². The Morgan fingerprint density at radius 3 is 2.81 bits per heavy atom. The fraction of sp³-hybridized carbons (Fsp3) is 0.333. The molecule has 0 radical (unpaired) electrons. The van der Waals surface area contributed by atoms with Gasteiger partial charge in [0.05, 0.1) is 11.9 Å². The molecule has 1 aromatic carbocycles. The molecule has 4 nitrogen and oxygen atoms in total. The molecular weight excluding hydrogens is 337 g/mol. The molecule has 21 heavy (non-hydrogen) atoms. The van der Waals surface area contributed by atoms with Gasteiger partial charge in [-0.2, -0.15) is 5.10 Å². The lowest BCUT2D eigenvalue weighted by atomic mass is 9.95. The average Bonchev–Trinajstić information content (AvgIpc) is 3.25. The van der Waals surface area contributed by atoms with Gasteiger partial charge in [0.2, 0.25) is 0 Å². The Balaban J connectivity index is 1.81. The second-order valence-corrected chi connectivity index (χ2v) is 6.21. The molecular formula is C15H15BrFN3O. The molecule has 0 unspecified atom stereocenters. The summed E-state index contributed by atoms with van der Waals surface area (Å²) in [6, 6.07) is 6.88. The Hall–Kier alpha value is -1.69. The molecule has 0 spiro atoms. The fourth-order valence-electron chi connectivity index (χ4n) is 2.48. The number of hydrogen-bond acceptors (Lipinski definition) is 3. The van der Waals surface area contributed by atoms with E-state index in [4.69, 9.17) is 0 Å². The monoisotopic (exact) mass is 351 g/mol. The topological polar surface area (TPSA) is 46.9 Å². The number of aryl methyl sites for hydroxylation is 1. The van der Waals surface area contributed by atoms with Crippen LogP contribution in [0.25, 0.3) is 0 Å². The van der Waals surface area contributed by atoms with Crippen molar-refractivity contribution in [1.29, 1.82) is 0 Å². The van der Waals surface area contributed by atoms with Gasteiger partial charge in [0.15, 0.2) is 0 Å². The molecule has 0 saturated heterocycles. The van der Waals surface area contributed by atoms with Crippen LogP contribution in [0.1, 0.15) is 18.4 Å². The van der Waals surface area contributed by atoms with Crippen molar-refractivity contribution in [3.63, 3.8) is 0 Å². The van der Waals surface area contributed by atoms with Gasteiger partial charge in [-0.25, -0.2) is 9.07 Å². The highest BCUT2D eigenvalue weighted by Crippen LogP contribution is 2.49. The molecule has 1 saturated carbocycles. The van der Waals surface area contributed by atoms with Crippen LogP contribution in [0.2, 0.25) is 0 Å². The van der Waals surface area contributed by atoms with E-state index in [0.717, 1.165) is 18.4 Å². The van der Waals surface area contributed by atoms with E-state index in [-0.39, 0.29) is 16.8 Å². The highest BCUT2D eigenvalue weighted by molar-refractivity contribution is 9.10. The minimum Gasteiger partial charge on any atom is -0.382 e. The third-order valence-corrected chi connectivity index (χ3v) is 4.76. The lowest BCUT2D eigenvalue weighted by molar-refractivity contribution is 0.578. The van der Waals surface area contributed by atoms with Crippen molar-refractivity contribution in [3.05, 3.63) is 56.7 Å². The van der Waals surface area contributed by atoms with Gasteiger partial charge in [0.1, 0.15) is 10.3 Å². The average molecular weight is 352 g/mol. The van der Waals surface area contributed by atoms with Crippen molar-refractivity contribution in [2.45, 2.75) is 18.3 Å². The Kier molecular flexibility index (Phi) is 3.57. The van der Waals surface area contributed by atoms with Crippen LogP contribution >= 0.6 is 15.9 Å². The second kappa shape index (κ2) is 5.26.